The van der Waals surface area contributed by atoms with Crippen molar-refractivity contribution < 1.29 is 4.74 Å². The van der Waals surface area contributed by atoms with Crippen molar-refractivity contribution in [3.63, 3.8) is 0 Å². The zero-order chi connectivity index (χ0) is 9.68. The zero-order valence-electron chi connectivity index (χ0n) is 7.66. The molecule has 0 amide bonds. The molecule has 1 aromatic rings. The van der Waals surface area contributed by atoms with Crippen LogP contribution >= 0.6 is 11.8 Å². The Morgan fingerprint density at radius 2 is 2.46 bits per heavy atom. The summed E-state index contributed by atoms with van der Waals surface area (Å²) < 4.78 is 4.89. The predicted molar refractivity (Wildman–Crippen MR) is 52.8 cm³/mol. The van der Waals surface area contributed by atoms with Crippen LogP contribution in [0.25, 0.3) is 0 Å². The van der Waals surface area contributed by atoms with Crippen LogP contribution in [-0.2, 0) is 17.1 Å². The Morgan fingerprint density at radius 3 is 3.08 bits per heavy atom. The van der Waals surface area contributed by atoms with E-state index in [0.717, 1.165) is 0 Å². The quantitative estimate of drug-likeness (QED) is 0.780. The Hall–Kier alpha value is -0.810. The van der Waals surface area contributed by atoms with Crippen molar-refractivity contribution in [2.45, 2.75) is 12.4 Å². The first-order valence-corrected chi connectivity index (χ1v) is 5.22. The van der Waals surface area contributed by atoms with Gasteiger partial charge < -0.3 is 9.72 Å². The summed E-state index contributed by atoms with van der Waals surface area (Å²) >= 11 is 1.62. The Kier molecular flexibility index (Phi) is 3.98. The molecule has 4 nitrogen and oxygen atoms in total. The lowest BCUT2D eigenvalue weighted by Crippen LogP contribution is -2.12. The maximum atomic E-state index is 11.1. The van der Waals surface area contributed by atoms with Crippen LogP contribution in [0.4, 0.5) is 0 Å². The van der Waals surface area contributed by atoms with Crippen LogP contribution in [0.3, 0.4) is 0 Å². The maximum absolute atomic E-state index is 11.1. The first-order chi connectivity index (χ1) is 6.26. The highest BCUT2D eigenvalue weighted by Crippen LogP contribution is 2.02. The molecule has 72 valence electrons. The second-order valence-corrected chi connectivity index (χ2v) is 3.42. The summed E-state index contributed by atoms with van der Waals surface area (Å²) in [6.07, 6.45) is 1.96. The highest BCUT2D eigenvalue weighted by molar-refractivity contribution is 7.97. The molecule has 0 fully saturated rings. The molecule has 1 heterocycles. The van der Waals surface area contributed by atoms with E-state index < -0.39 is 0 Å². The number of H-pyrrole nitrogens is 1. The van der Waals surface area contributed by atoms with Crippen molar-refractivity contribution in [1.82, 2.24) is 9.97 Å². The van der Waals surface area contributed by atoms with Crippen LogP contribution in [0, 0.1) is 0 Å². The fraction of sp³-hybridized carbons (Fsp3) is 0.500. The van der Waals surface area contributed by atoms with E-state index in [4.69, 9.17) is 4.74 Å². The molecule has 0 radical (unpaired) electrons. The summed E-state index contributed by atoms with van der Waals surface area (Å²) in [5.41, 5.74) is 0.557. The highest BCUT2D eigenvalue weighted by Gasteiger charge is 1.99. The average Bonchev–Trinajstić information content (AvgIpc) is 2.04. The third kappa shape index (κ3) is 3.20. The minimum absolute atomic E-state index is 0.119. The van der Waals surface area contributed by atoms with E-state index in [-0.39, 0.29) is 5.56 Å². The van der Waals surface area contributed by atoms with Crippen LogP contribution in [0.15, 0.2) is 10.9 Å². The van der Waals surface area contributed by atoms with Gasteiger partial charge in [0.05, 0.1) is 18.1 Å². The number of aromatic amines is 1. The first-order valence-electron chi connectivity index (χ1n) is 3.83. The van der Waals surface area contributed by atoms with Gasteiger partial charge in [0.25, 0.3) is 5.56 Å². The number of hydrogen-bond donors (Lipinski definition) is 1. The Bertz CT molecular complexity index is 297. The third-order valence-corrected chi connectivity index (χ3v) is 1.98. The zero-order valence-corrected chi connectivity index (χ0v) is 8.48. The van der Waals surface area contributed by atoms with Crippen molar-refractivity contribution in [2.75, 3.05) is 13.4 Å². The fourth-order valence-corrected chi connectivity index (χ4v) is 1.40. The molecule has 0 aromatic carbocycles. The van der Waals surface area contributed by atoms with Crippen LogP contribution in [0.2, 0.25) is 0 Å². The second kappa shape index (κ2) is 5.04. The molecule has 1 aromatic heterocycles. The van der Waals surface area contributed by atoms with Gasteiger partial charge in [-0.3, -0.25) is 4.79 Å². The van der Waals surface area contributed by atoms with Crippen LogP contribution in [0.5, 0.6) is 0 Å². The van der Waals surface area contributed by atoms with E-state index in [1.807, 2.05) is 6.26 Å². The third-order valence-electron chi connectivity index (χ3n) is 1.42. The lowest BCUT2D eigenvalue weighted by atomic mass is 10.4. The molecule has 0 saturated heterocycles. The van der Waals surface area contributed by atoms with Crippen LogP contribution in [0.1, 0.15) is 11.5 Å². The Morgan fingerprint density at radius 1 is 1.69 bits per heavy atom. The van der Waals surface area contributed by atoms with Gasteiger partial charge in [-0.15, -0.1) is 0 Å². The molecular weight excluding hydrogens is 188 g/mol. The van der Waals surface area contributed by atoms with Gasteiger partial charge in [-0.2, -0.15) is 11.8 Å². The number of thioether (sulfide) groups is 1. The molecule has 0 bridgehead atoms. The van der Waals surface area contributed by atoms with Gasteiger partial charge in [-0.25, -0.2) is 4.98 Å². The largest absolute Gasteiger partial charge is 0.378 e. The smallest absolute Gasteiger partial charge is 0.251 e. The summed E-state index contributed by atoms with van der Waals surface area (Å²) in [5, 5.41) is 0. The van der Waals surface area contributed by atoms with Crippen molar-refractivity contribution in [2.24, 2.45) is 0 Å². The van der Waals surface area contributed by atoms with Crippen molar-refractivity contribution >= 4 is 11.8 Å². The number of nitrogens with one attached hydrogen (secondary N) is 1. The van der Waals surface area contributed by atoms with E-state index in [1.54, 1.807) is 18.9 Å². The molecule has 13 heavy (non-hydrogen) atoms. The van der Waals surface area contributed by atoms with Gasteiger partial charge in [-0.1, -0.05) is 0 Å². The van der Waals surface area contributed by atoms with E-state index in [1.165, 1.54) is 6.07 Å². The minimum atomic E-state index is -0.119. The fourth-order valence-electron chi connectivity index (χ4n) is 0.990. The van der Waals surface area contributed by atoms with Crippen molar-refractivity contribution in [3.05, 3.63) is 27.9 Å². The van der Waals surface area contributed by atoms with E-state index in [2.05, 4.69) is 9.97 Å². The molecule has 0 spiro atoms. The molecule has 5 heteroatoms. The lowest BCUT2D eigenvalue weighted by Gasteiger charge is -2.01. The van der Waals surface area contributed by atoms with Crippen LogP contribution < -0.4 is 5.56 Å². The maximum Gasteiger partial charge on any atom is 0.251 e. The number of nitrogens with zero attached hydrogens (tertiary/aromatic N) is 1. The Labute approximate surface area is 80.7 Å². The summed E-state index contributed by atoms with van der Waals surface area (Å²) in [7, 11) is 1.58. The monoisotopic (exact) mass is 200 g/mol. The summed E-state index contributed by atoms with van der Waals surface area (Å²) in [4.78, 5) is 18.0. The van der Waals surface area contributed by atoms with Gasteiger partial charge >= 0.3 is 0 Å². The number of aromatic nitrogens is 2. The molecule has 0 unspecified atom stereocenters. The average molecular weight is 200 g/mol. The number of rotatable bonds is 4. The SMILES string of the molecule is COCc1cc(=O)[nH]c(CSC)n1. The molecule has 0 aliphatic heterocycles. The molecule has 0 aliphatic carbocycles. The molecule has 0 aliphatic rings. The topological polar surface area (TPSA) is 55.0 Å². The Balaban J connectivity index is 2.90. The van der Waals surface area contributed by atoms with Crippen LogP contribution in [-0.4, -0.2) is 23.3 Å². The predicted octanol–water partition coefficient (Wildman–Crippen LogP) is 0.779. The minimum Gasteiger partial charge on any atom is -0.378 e. The molecule has 0 atom stereocenters. The van der Waals surface area contributed by atoms with E-state index in [0.29, 0.717) is 23.9 Å². The number of methoxy groups -OCH3 is 1. The lowest BCUT2D eigenvalue weighted by molar-refractivity contribution is 0.181. The molecule has 0 saturated carbocycles. The van der Waals surface area contributed by atoms with E-state index >= 15 is 0 Å². The van der Waals surface area contributed by atoms with Gasteiger partial charge in [0.2, 0.25) is 0 Å². The van der Waals surface area contributed by atoms with Crippen molar-refractivity contribution in [3.8, 4) is 0 Å². The summed E-state index contributed by atoms with van der Waals surface area (Å²) in [6.45, 7) is 0.380. The van der Waals surface area contributed by atoms with Crippen molar-refractivity contribution in [1.29, 1.82) is 0 Å². The van der Waals surface area contributed by atoms with Gasteiger partial charge in [0.15, 0.2) is 0 Å². The molecule has 1 rings (SSSR count). The summed E-state index contributed by atoms with van der Waals surface area (Å²) in [6, 6.07) is 1.45. The number of ether oxygens (including phenoxy) is 1. The second-order valence-electron chi connectivity index (χ2n) is 2.55. The molecular formula is C8H12N2O2S. The highest BCUT2D eigenvalue weighted by atomic mass is 32.2. The van der Waals surface area contributed by atoms with Gasteiger partial charge in [-0.05, 0) is 6.26 Å². The van der Waals surface area contributed by atoms with Gasteiger partial charge in [0.1, 0.15) is 5.82 Å². The van der Waals surface area contributed by atoms with E-state index in [9.17, 15) is 4.79 Å². The normalized spacial score (nSPS) is 10.3. The van der Waals surface area contributed by atoms with Gasteiger partial charge in [0, 0.05) is 13.2 Å². The first kappa shape index (κ1) is 10.3. The summed E-state index contributed by atoms with van der Waals surface area (Å²) in [5.74, 6) is 1.42. The number of hydrogen-bond acceptors (Lipinski definition) is 4. The molecule has 1 N–H and O–H groups in total. The standard InChI is InChI=1S/C8H12N2O2S/c1-12-4-6-3-8(11)10-7(9-6)5-13-2/h3H,4-5H2,1-2H3,(H,9,10,11).